The summed E-state index contributed by atoms with van der Waals surface area (Å²) in [5.41, 5.74) is 1.93. The molecule has 33 heavy (non-hydrogen) atoms. The summed E-state index contributed by atoms with van der Waals surface area (Å²) in [4.78, 5) is 20.5. The van der Waals surface area contributed by atoms with Crippen LogP contribution in [0, 0.1) is 0 Å². The molecule has 0 fully saturated rings. The van der Waals surface area contributed by atoms with Crippen LogP contribution in [-0.4, -0.2) is 28.4 Å². The second-order valence-electron chi connectivity index (χ2n) is 7.59. The molecule has 0 spiro atoms. The number of hydrogen-bond donors (Lipinski definition) is 1. The fraction of sp³-hybridized carbons (Fsp3) is 0.261. The second-order valence-corrected chi connectivity index (χ2v) is 8.53. The van der Waals surface area contributed by atoms with Crippen molar-refractivity contribution in [2.24, 2.45) is 0 Å². The summed E-state index contributed by atoms with van der Waals surface area (Å²) in [5.74, 6) is 0.807. The minimum atomic E-state index is -4.60. The number of nitrogens with one attached hydrogen (secondary N) is 1. The molecule has 0 saturated heterocycles. The fourth-order valence-corrected chi connectivity index (χ4v) is 4.56. The summed E-state index contributed by atoms with van der Waals surface area (Å²) >= 11 is 0.883. The molecular weight excluding hydrogens is 455 g/mol. The summed E-state index contributed by atoms with van der Waals surface area (Å²) in [5, 5.41) is 2.68. The van der Waals surface area contributed by atoms with E-state index in [-0.39, 0.29) is 42.1 Å². The van der Waals surface area contributed by atoms with Crippen LogP contribution in [0.4, 0.5) is 13.2 Å². The first-order chi connectivity index (χ1) is 15.9. The number of aryl methyl sites for hydroxylation is 1. The molecule has 2 aromatic carbocycles. The van der Waals surface area contributed by atoms with Gasteiger partial charge in [0.2, 0.25) is 12.7 Å². The lowest BCUT2D eigenvalue weighted by atomic mass is 9.88. The van der Waals surface area contributed by atoms with E-state index in [9.17, 15) is 18.0 Å². The van der Waals surface area contributed by atoms with Gasteiger partial charge in [0.25, 0.3) is 0 Å². The van der Waals surface area contributed by atoms with Crippen LogP contribution in [0.3, 0.4) is 0 Å². The third kappa shape index (κ3) is 4.47. The molecule has 2 aliphatic rings. The molecule has 10 heteroatoms. The first-order valence-corrected chi connectivity index (χ1v) is 11.2. The molecule has 3 aromatic rings. The highest BCUT2D eigenvalue weighted by molar-refractivity contribution is 7.99. The largest absolute Gasteiger partial charge is 0.454 e. The third-order valence-corrected chi connectivity index (χ3v) is 6.28. The summed E-state index contributed by atoms with van der Waals surface area (Å²) < 4.78 is 51.8. The monoisotopic (exact) mass is 473 g/mol. The average Bonchev–Trinajstić information content (AvgIpc) is 3.28. The number of rotatable bonds is 5. The first-order valence-electron chi connectivity index (χ1n) is 10.2. The third-order valence-electron chi connectivity index (χ3n) is 5.43. The van der Waals surface area contributed by atoms with E-state index in [4.69, 9.17) is 9.47 Å². The van der Waals surface area contributed by atoms with Crippen molar-refractivity contribution >= 4 is 17.7 Å². The van der Waals surface area contributed by atoms with Crippen LogP contribution in [0.25, 0.3) is 11.3 Å². The Labute approximate surface area is 191 Å². The molecular formula is C23H18F3N3O3S. The lowest BCUT2D eigenvalue weighted by Crippen LogP contribution is -2.25. The number of carbonyl (C=O) groups is 1. The van der Waals surface area contributed by atoms with Crippen LogP contribution in [0.2, 0.25) is 0 Å². The van der Waals surface area contributed by atoms with Crippen LogP contribution >= 0.6 is 11.8 Å². The summed E-state index contributed by atoms with van der Waals surface area (Å²) in [6.07, 6.45) is -3.87. The van der Waals surface area contributed by atoms with Crippen molar-refractivity contribution in [1.82, 2.24) is 15.3 Å². The van der Waals surface area contributed by atoms with Gasteiger partial charge in [-0.3, -0.25) is 4.79 Å². The number of halogens is 3. The van der Waals surface area contributed by atoms with E-state index < -0.39 is 11.9 Å². The molecule has 0 bridgehead atoms. The number of hydrogen-bond acceptors (Lipinski definition) is 6. The molecule has 1 N–H and O–H groups in total. The Morgan fingerprint density at radius 2 is 1.88 bits per heavy atom. The zero-order valence-corrected chi connectivity index (χ0v) is 18.1. The second kappa shape index (κ2) is 8.58. The van der Waals surface area contributed by atoms with Crippen molar-refractivity contribution in [2.45, 2.75) is 30.7 Å². The van der Waals surface area contributed by atoms with Gasteiger partial charge < -0.3 is 14.8 Å². The first kappa shape index (κ1) is 21.6. The number of alkyl halides is 3. The average molecular weight is 473 g/mol. The molecule has 5 rings (SSSR count). The van der Waals surface area contributed by atoms with Gasteiger partial charge in [-0.1, -0.05) is 42.1 Å². The smallest absolute Gasteiger partial charge is 0.433 e. The van der Waals surface area contributed by atoms with Crippen molar-refractivity contribution in [2.75, 3.05) is 12.5 Å². The summed E-state index contributed by atoms with van der Waals surface area (Å²) in [7, 11) is 0. The number of ether oxygens (including phenoxy) is 2. The van der Waals surface area contributed by atoms with E-state index >= 15 is 0 Å². The minimum absolute atomic E-state index is 0.0731. The molecule has 1 aliphatic heterocycles. The maximum atomic E-state index is 13.7. The molecule has 6 nitrogen and oxygen atoms in total. The molecule has 0 atom stereocenters. The Bertz CT molecular complexity index is 1230. The zero-order valence-electron chi connectivity index (χ0n) is 17.2. The Kier molecular flexibility index (Phi) is 5.61. The quantitative estimate of drug-likeness (QED) is 0.438. The van der Waals surface area contributed by atoms with Gasteiger partial charge in [-0.15, -0.1) is 0 Å². The van der Waals surface area contributed by atoms with Gasteiger partial charge in [0, 0.05) is 17.7 Å². The van der Waals surface area contributed by atoms with Crippen molar-refractivity contribution in [1.29, 1.82) is 0 Å². The van der Waals surface area contributed by atoms with Gasteiger partial charge in [-0.25, -0.2) is 9.97 Å². The molecule has 1 aromatic heterocycles. The highest BCUT2D eigenvalue weighted by Gasteiger charge is 2.38. The summed E-state index contributed by atoms with van der Waals surface area (Å²) in [6.45, 7) is 0.412. The number of fused-ring (bicyclic) bond motifs is 4. The maximum Gasteiger partial charge on any atom is 0.433 e. The number of carbonyl (C=O) groups excluding carboxylic acids is 1. The van der Waals surface area contributed by atoms with Crippen LogP contribution in [-0.2, 0) is 30.4 Å². The van der Waals surface area contributed by atoms with Crippen LogP contribution in [0.5, 0.6) is 11.5 Å². The molecule has 1 amide bonds. The number of amides is 1. The Morgan fingerprint density at radius 3 is 2.73 bits per heavy atom. The van der Waals surface area contributed by atoms with E-state index in [1.54, 1.807) is 30.3 Å². The van der Waals surface area contributed by atoms with Crippen molar-refractivity contribution in [3.63, 3.8) is 0 Å². The Hall–Kier alpha value is -3.27. The van der Waals surface area contributed by atoms with Gasteiger partial charge in [0.15, 0.2) is 22.3 Å². The topological polar surface area (TPSA) is 73.3 Å². The number of aromatic nitrogens is 2. The summed E-state index contributed by atoms with van der Waals surface area (Å²) in [6, 6.07) is 12.6. The Balaban J connectivity index is 1.31. The van der Waals surface area contributed by atoms with E-state index in [0.717, 1.165) is 22.9 Å². The van der Waals surface area contributed by atoms with E-state index in [2.05, 4.69) is 15.3 Å². The van der Waals surface area contributed by atoms with E-state index in [0.29, 0.717) is 29.2 Å². The molecule has 170 valence electrons. The Morgan fingerprint density at radius 1 is 1.06 bits per heavy atom. The zero-order chi connectivity index (χ0) is 23.0. The molecule has 0 unspecified atom stereocenters. The number of thioether (sulfide) groups is 1. The van der Waals surface area contributed by atoms with Crippen molar-refractivity contribution in [3.05, 3.63) is 64.8 Å². The molecule has 1 aliphatic carbocycles. The standard InChI is InChI=1S/C23H18F3N3O3S/c24-23(25,26)21-16-7-6-14-3-1-2-4-15(14)20(16)28-22(29-21)33-11-19(30)27-10-13-5-8-17-18(9-13)32-12-31-17/h1-5,8-9H,6-7,10-12H2,(H,27,30). The fourth-order valence-electron chi connectivity index (χ4n) is 3.88. The molecule has 0 radical (unpaired) electrons. The van der Waals surface area contributed by atoms with E-state index in [1.165, 1.54) is 0 Å². The van der Waals surface area contributed by atoms with Gasteiger partial charge in [0.1, 0.15) is 0 Å². The predicted octanol–water partition coefficient (Wildman–Crippen LogP) is 4.40. The van der Waals surface area contributed by atoms with Gasteiger partial charge in [-0.05, 0) is 36.1 Å². The van der Waals surface area contributed by atoms with Crippen molar-refractivity contribution < 1.29 is 27.4 Å². The maximum absolute atomic E-state index is 13.7. The van der Waals surface area contributed by atoms with Gasteiger partial charge in [0.05, 0.1) is 11.4 Å². The number of nitrogens with zero attached hydrogens (tertiary/aromatic N) is 2. The number of benzene rings is 2. The highest BCUT2D eigenvalue weighted by atomic mass is 32.2. The molecule has 2 heterocycles. The van der Waals surface area contributed by atoms with E-state index in [1.807, 2.05) is 12.1 Å². The minimum Gasteiger partial charge on any atom is -0.454 e. The normalized spacial score (nSPS) is 13.9. The van der Waals surface area contributed by atoms with Crippen molar-refractivity contribution in [3.8, 4) is 22.8 Å². The lowest BCUT2D eigenvalue weighted by molar-refractivity contribution is -0.142. The van der Waals surface area contributed by atoms with Gasteiger partial charge in [-0.2, -0.15) is 13.2 Å². The lowest BCUT2D eigenvalue weighted by Gasteiger charge is -2.22. The SMILES string of the molecule is O=C(CSc1nc2c(c(C(F)(F)F)n1)CCc1ccccc1-2)NCc1ccc2c(c1)OCO2. The highest BCUT2D eigenvalue weighted by Crippen LogP contribution is 2.40. The predicted molar refractivity (Wildman–Crippen MR) is 115 cm³/mol. The van der Waals surface area contributed by atoms with Gasteiger partial charge >= 0.3 is 6.18 Å². The van der Waals surface area contributed by atoms with Crippen LogP contribution in [0.1, 0.15) is 22.4 Å². The van der Waals surface area contributed by atoms with Crippen LogP contribution in [0.15, 0.2) is 47.6 Å². The van der Waals surface area contributed by atoms with Crippen LogP contribution < -0.4 is 14.8 Å². The molecule has 0 saturated carbocycles.